The number of fused-ring (bicyclic) bond motifs is 1. The van der Waals surface area contributed by atoms with Crippen LogP contribution in [0.2, 0.25) is 0 Å². The van der Waals surface area contributed by atoms with Crippen molar-refractivity contribution < 1.29 is 13.9 Å². The highest BCUT2D eigenvalue weighted by molar-refractivity contribution is 6.07. The summed E-state index contributed by atoms with van der Waals surface area (Å²) in [6.07, 6.45) is 4.98. The van der Waals surface area contributed by atoms with Gasteiger partial charge in [-0.2, -0.15) is 0 Å². The van der Waals surface area contributed by atoms with Gasteiger partial charge in [0.25, 0.3) is 0 Å². The van der Waals surface area contributed by atoms with Gasteiger partial charge >= 0.3 is 0 Å². The van der Waals surface area contributed by atoms with Gasteiger partial charge < -0.3 is 21.1 Å². The Kier molecular flexibility index (Phi) is 9.00. The van der Waals surface area contributed by atoms with Gasteiger partial charge in [0.1, 0.15) is 5.82 Å². The number of benzene rings is 2. The second kappa shape index (κ2) is 11.2. The van der Waals surface area contributed by atoms with E-state index in [4.69, 9.17) is 10.5 Å². The molecule has 1 aliphatic heterocycles. The lowest BCUT2D eigenvalue weighted by Crippen LogP contribution is -2.44. The Balaban J connectivity index is 0.00000171. The molecule has 166 valence electrons. The Morgan fingerprint density at radius 1 is 1.03 bits per heavy atom. The minimum atomic E-state index is -0.581. The monoisotopic (exact) mass is 466 g/mol. The van der Waals surface area contributed by atoms with Crippen LogP contribution < -0.4 is 16.4 Å². The van der Waals surface area contributed by atoms with Gasteiger partial charge in [0, 0.05) is 47.8 Å². The van der Waals surface area contributed by atoms with Crippen molar-refractivity contribution in [1.82, 2.24) is 4.98 Å². The van der Waals surface area contributed by atoms with E-state index in [1.165, 1.54) is 12.1 Å². The molecule has 4 N–H and O–H groups in total. The van der Waals surface area contributed by atoms with Gasteiger partial charge in [0.2, 0.25) is 5.91 Å². The van der Waals surface area contributed by atoms with Crippen LogP contribution in [0.3, 0.4) is 0 Å². The highest BCUT2D eigenvalue weighted by atomic mass is 35.5. The first-order valence-corrected chi connectivity index (χ1v) is 9.65. The molecule has 1 amide bonds. The first-order chi connectivity index (χ1) is 14.1. The molecule has 0 radical (unpaired) electrons. The van der Waals surface area contributed by atoms with E-state index in [2.05, 4.69) is 15.6 Å². The molecule has 4 rings (SSSR count). The molecule has 31 heavy (non-hydrogen) atoms. The molecule has 0 aliphatic carbocycles. The third kappa shape index (κ3) is 5.83. The van der Waals surface area contributed by atoms with E-state index in [-0.39, 0.29) is 42.5 Å². The molecule has 1 atom stereocenters. The van der Waals surface area contributed by atoms with E-state index in [1.54, 1.807) is 24.5 Å². The van der Waals surface area contributed by atoms with Crippen molar-refractivity contribution >= 4 is 58.6 Å². The number of pyridine rings is 1. The average molecular weight is 467 g/mol. The number of ether oxygens (including phenoxy) is 1. The summed E-state index contributed by atoms with van der Waals surface area (Å²) < 4.78 is 18.5. The van der Waals surface area contributed by atoms with E-state index in [0.29, 0.717) is 18.9 Å². The number of nitrogens with one attached hydrogen (secondary N) is 2. The summed E-state index contributed by atoms with van der Waals surface area (Å²) in [7, 11) is 0. The third-order valence-electron chi connectivity index (χ3n) is 5.28. The Morgan fingerprint density at radius 2 is 1.71 bits per heavy atom. The number of rotatable bonds is 5. The standard InChI is InChI=1S/C22H23FN4O2.2ClH/c23-15-1-3-16(4-2-15)26-19-5-6-20(18-13-25-10-7-17(18)19)27-22(28)21(24)14-8-11-29-12-9-14;;/h1-7,10,13-14,21,26H,8-9,11-12,24H2,(H,27,28);2*1H. The molecule has 1 unspecified atom stereocenters. The molecule has 3 aromatic rings. The van der Waals surface area contributed by atoms with Crippen LogP contribution in [0.1, 0.15) is 12.8 Å². The van der Waals surface area contributed by atoms with Gasteiger partial charge in [0.05, 0.1) is 11.7 Å². The normalized spacial score (nSPS) is 14.8. The van der Waals surface area contributed by atoms with Crippen molar-refractivity contribution in [3.63, 3.8) is 0 Å². The van der Waals surface area contributed by atoms with Gasteiger partial charge in [-0.15, -0.1) is 24.8 Å². The number of nitrogens with two attached hydrogens (primary N) is 1. The second-order valence-electron chi connectivity index (χ2n) is 7.18. The molecule has 0 saturated carbocycles. The lowest BCUT2D eigenvalue weighted by molar-refractivity contribution is -0.119. The molecule has 1 aliphatic rings. The van der Waals surface area contributed by atoms with Gasteiger partial charge in [0.15, 0.2) is 0 Å². The van der Waals surface area contributed by atoms with E-state index in [9.17, 15) is 9.18 Å². The van der Waals surface area contributed by atoms with Crippen molar-refractivity contribution in [3.8, 4) is 0 Å². The molecule has 0 spiro atoms. The van der Waals surface area contributed by atoms with Crippen molar-refractivity contribution in [2.24, 2.45) is 11.7 Å². The summed E-state index contributed by atoms with van der Waals surface area (Å²) in [5.41, 5.74) is 8.46. The SMILES string of the molecule is Cl.Cl.NC(C(=O)Nc1ccc(Nc2ccc(F)cc2)c2ccncc12)C1CCOCC1. The number of anilines is 3. The van der Waals surface area contributed by atoms with Gasteiger partial charge in [-0.05, 0) is 61.2 Å². The summed E-state index contributed by atoms with van der Waals surface area (Å²) >= 11 is 0. The van der Waals surface area contributed by atoms with Crippen LogP contribution in [0.25, 0.3) is 10.8 Å². The maximum atomic E-state index is 13.2. The topological polar surface area (TPSA) is 89.3 Å². The average Bonchev–Trinajstić information content (AvgIpc) is 2.77. The minimum Gasteiger partial charge on any atom is -0.381 e. The van der Waals surface area contributed by atoms with Crippen LogP contribution in [0.15, 0.2) is 54.9 Å². The zero-order valence-corrected chi connectivity index (χ0v) is 18.3. The molecule has 1 saturated heterocycles. The number of carbonyl (C=O) groups is 1. The van der Waals surface area contributed by atoms with E-state index in [1.807, 2.05) is 18.2 Å². The van der Waals surface area contributed by atoms with Crippen LogP contribution in [0, 0.1) is 11.7 Å². The number of carbonyl (C=O) groups excluding carboxylic acids is 1. The number of hydrogen-bond donors (Lipinski definition) is 3. The Morgan fingerprint density at radius 3 is 2.42 bits per heavy atom. The first kappa shape index (κ1) is 24.8. The summed E-state index contributed by atoms with van der Waals surface area (Å²) in [4.78, 5) is 16.9. The second-order valence-corrected chi connectivity index (χ2v) is 7.18. The number of hydrogen-bond acceptors (Lipinski definition) is 5. The van der Waals surface area contributed by atoms with Gasteiger partial charge in [-0.1, -0.05) is 0 Å². The Hall–Kier alpha value is -2.45. The van der Waals surface area contributed by atoms with Crippen molar-refractivity contribution in [2.75, 3.05) is 23.8 Å². The molecule has 6 nitrogen and oxygen atoms in total. The molecular weight excluding hydrogens is 442 g/mol. The van der Waals surface area contributed by atoms with Crippen LogP contribution in [0.4, 0.5) is 21.5 Å². The fraction of sp³-hybridized carbons (Fsp3) is 0.273. The number of nitrogens with zero attached hydrogens (tertiary/aromatic N) is 1. The lowest BCUT2D eigenvalue weighted by Gasteiger charge is -2.27. The molecular formula is C22H25Cl2FN4O2. The molecule has 9 heteroatoms. The minimum absolute atomic E-state index is 0. The molecule has 2 aromatic carbocycles. The van der Waals surface area contributed by atoms with E-state index < -0.39 is 6.04 Å². The van der Waals surface area contributed by atoms with Gasteiger partial charge in [-0.25, -0.2) is 4.39 Å². The quantitative estimate of drug-likeness (QED) is 0.508. The van der Waals surface area contributed by atoms with E-state index in [0.717, 1.165) is 35.0 Å². The fourth-order valence-electron chi connectivity index (χ4n) is 3.60. The number of halogens is 3. The summed E-state index contributed by atoms with van der Waals surface area (Å²) in [6, 6.07) is 11.1. The molecule has 1 fully saturated rings. The highest BCUT2D eigenvalue weighted by Crippen LogP contribution is 2.32. The number of amides is 1. The predicted octanol–water partition coefficient (Wildman–Crippen LogP) is 4.65. The summed E-state index contributed by atoms with van der Waals surface area (Å²) in [5.74, 6) is -0.377. The Bertz CT molecular complexity index is 1010. The van der Waals surface area contributed by atoms with Crippen molar-refractivity contribution in [1.29, 1.82) is 0 Å². The first-order valence-electron chi connectivity index (χ1n) is 9.65. The zero-order chi connectivity index (χ0) is 20.2. The largest absolute Gasteiger partial charge is 0.381 e. The molecule has 0 bridgehead atoms. The van der Waals surface area contributed by atoms with Gasteiger partial charge in [-0.3, -0.25) is 9.78 Å². The molecule has 2 heterocycles. The maximum absolute atomic E-state index is 13.2. The summed E-state index contributed by atoms with van der Waals surface area (Å²) in [5, 5.41) is 7.93. The highest BCUT2D eigenvalue weighted by Gasteiger charge is 2.27. The summed E-state index contributed by atoms with van der Waals surface area (Å²) in [6.45, 7) is 1.28. The fourth-order valence-corrected chi connectivity index (χ4v) is 3.60. The molecule has 1 aromatic heterocycles. The van der Waals surface area contributed by atoms with E-state index >= 15 is 0 Å². The van der Waals surface area contributed by atoms with Crippen LogP contribution in [0.5, 0.6) is 0 Å². The maximum Gasteiger partial charge on any atom is 0.241 e. The smallest absolute Gasteiger partial charge is 0.241 e. The lowest BCUT2D eigenvalue weighted by atomic mass is 9.92. The van der Waals surface area contributed by atoms with Crippen molar-refractivity contribution in [2.45, 2.75) is 18.9 Å². The van der Waals surface area contributed by atoms with Crippen LogP contribution >= 0.6 is 24.8 Å². The third-order valence-corrected chi connectivity index (χ3v) is 5.28. The number of aromatic nitrogens is 1. The van der Waals surface area contributed by atoms with Crippen molar-refractivity contribution in [3.05, 3.63) is 60.7 Å². The Labute approximate surface area is 192 Å². The zero-order valence-electron chi connectivity index (χ0n) is 16.7. The van der Waals surface area contributed by atoms with Crippen LogP contribution in [-0.2, 0) is 9.53 Å². The van der Waals surface area contributed by atoms with Crippen LogP contribution in [-0.4, -0.2) is 30.1 Å². The predicted molar refractivity (Wildman–Crippen MR) is 126 cm³/mol.